The molecule has 4 heavy (non-hydrogen) atoms. The molecule has 0 saturated carbocycles. The molecule has 0 heterocycles. The van der Waals surface area contributed by atoms with Gasteiger partial charge in [0, 0.05) is 19.5 Å². The van der Waals surface area contributed by atoms with Crippen molar-refractivity contribution in [2.24, 2.45) is 0 Å². The summed E-state index contributed by atoms with van der Waals surface area (Å²) in [7, 11) is 0. The van der Waals surface area contributed by atoms with Gasteiger partial charge in [-0.2, -0.15) is 0 Å². The van der Waals surface area contributed by atoms with Gasteiger partial charge in [0.15, 0.2) is 0 Å². The van der Waals surface area contributed by atoms with Gasteiger partial charge in [-0.3, -0.25) is 0 Å². The number of isothiocyanates is 1. The molecule has 1 N–H and O–H groups in total. The molecule has 0 saturated heterocycles. The van der Waals surface area contributed by atoms with Gasteiger partial charge in [-0.15, -0.1) is 0 Å². The van der Waals surface area contributed by atoms with Crippen LogP contribution in [0.5, 0.6) is 0 Å². The van der Waals surface area contributed by atoms with Crippen LogP contribution >= 0.6 is 12.2 Å². The van der Waals surface area contributed by atoms with Crippen molar-refractivity contribution in [3.63, 3.8) is 0 Å². The van der Waals surface area contributed by atoms with Gasteiger partial charge >= 0.3 is 0 Å². The Morgan fingerprint density at radius 3 is 1.75 bits per heavy atom. The molecular formula is CHNSZn. The molecule has 0 unspecified atom stereocenters. The van der Waals surface area contributed by atoms with E-state index in [0.29, 0.717) is 0 Å². The third-order valence-corrected chi connectivity index (χ3v) is 0. The molecule has 0 atom stereocenters. The molecule has 0 spiro atoms. The van der Waals surface area contributed by atoms with Crippen LogP contribution in [-0.2, 0) is 19.5 Å². The van der Waals surface area contributed by atoms with Gasteiger partial charge in [-0.1, -0.05) is 0 Å². The average molecular weight is 124 g/mol. The van der Waals surface area contributed by atoms with Crippen molar-refractivity contribution in [3.05, 3.63) is 0 Å². The fourth-order valence-electron chi connectivity index (χ4n) is 0. The molecule has 0 aliphatic carbocycles. The Morgan fingerprint density at radius 1 is 1.75 bits per heavy atom. The summed E-state index contributed by atoms with van der Waals surface area (Å²) in [5.74, 6) is 0. The zero-order valence-corrected chi connectivity index (χ0v) is 5.90. The number of hydrogen-bond donors (Lipinski definition) is 1. The molecule has 0 bridgehead atoms. The Labute approximate surface area is 42.7 Å². The van der Waals surface area contributed by atoms with Gasteiger partial charge in [0.2, 0.25) is 0 Å². The standard InChI is InChI=1S/CHNS.Zn/c2-1-3;/h2H;. The van der Waals surface area contributed by atoms with E-state index in [2.05, 4.69) is 12.2 Å². The molecular weight excluding hydrogens is 123 g/mol. The monoisotopic (exact) mass is 123 g/mol. The zero-order valence-electron chi connectivity index (χ0n) is 2.12. The predicted molar refractivity (Wildman–Crippen MR) is 15.3 cm³/mol. The maximum atomic E-state index is 5.77. The summed E-state index contributed by atoms with van der Waals surface area (Å²) in [5, 5.41) is 7.36. The van der Waals surface area contributed by atoms with Crippen molar-refractivity contribution in [1.29, 1.82) is 5.41 Å². The van der Waals surface area contributed by atoms with Crippen molar-refractivity contribution in [2.75, 3.05) is 0 Å². The van der Waals surface area contributed by atoms with Gasteiger partial charge in [-0.05, 0) is 12.2 Å². The van der Waals surface area contributed by atoms with Crippen LogP contribution in [0.2, 0.25) is 0 Å². The number of hydrogen-bond acceptors (Lipinski definition) is 2. The van der Waals surface area contributed by atoms with Crippen LogP contribution in [0.25, 0.3) is 0 Å². The van der Waals surface area contributed by atoms with Gasteiger partial charge in [-0.25, -0.2) is 5.41 Å². The van der Waals surface area contributed by atoms with Gasteiger partial charge in [0.05, 0.1) is 5.16 Å². The fraction of sp³-hybridized carbons (Fsp3) is 0. The minimum absolute atomic E-state index is 0. The molecule has 3 heteroatoms. The van der Waals surface area contributed by atoms with Crippen LogP contribution < -0.4 is 0 Å². The van der Waals surface area contributed by atoms with E-state index in [9.17, 15) is 0 Å². The summed E-state index contributed by atoms with van der Waals surface area (Å²) in [4.78, 5) is 0. The molecule has 0 rings (SSSR count). The topological polar surface area (TPSA) is 23.9 Å². The minimum atomic E-state index is 0. The Kier molecular flexibility index (Phi) is 21.9. The van der Waals surface area contributed by atoms with E-state index in [4.69, 9.17) is 5.41 Å². The first-order valence-electron chi connectivity index (χ1n) is 0.454. The maximum absolute atomic E-state index is 5.77. The Hall–Kier alpha value is 0.423. The molecule has 0 aromatic rings. The average Bonchev–Trinajstić information content (AvgIpc) is 0.918. The zero-order chi connectivity index (χ0) is 2.71. The van der Waals surface area contributed by atoms with E-state index in [1.54, 1.807) is 5.16 Å². The molecule has 0 aliphatic heterocycles. The molecule has 0 amide bonds. The third-order valence-electron chi connectivity index (χ3n) is 0. The van der Waals surface area contributed by atoms with Gasteiger partial charge in [0.25, 0.3) is 0 Å². The van der Waals surface area contributed by atoms with E-state index in [1.807, 2.05) is 0 Å². The quantitative estimate of drug-likeness (QED) is 0.286. The van der Waals surface area contributed by atoms with Crippen molar-refractivity contribution in [1.82, 2.24) is 0 Å². The van der Waals surface area contributed by atoms with Crippen LogP contribution in [0.15, 0.2) is 0 Å². The fourth-order valence-corrected chi connectivity index (χ4v) is 0. The molecule has 0 aromatic carbocycles. The van der Waals surface area contributed by atoms with Crippen LogP contribution in [0.3, 0.4) is 0 Å². The normalized spacial score (nSPS) is 2.00. The molecule has 0 aliphatic rings. The van der Waals surface area contributed by atoms with Crippen molar-refractivity contribution in [3.8, 4) is 0 Å². The molecule has 0 radical (unpaired) electrons. The van der Waals surface area contributed by atoms with E-state index >= 15 is 0 Å². The smallest absolute Gasteiger partial charge is 0.0554 e. The number of nitrogens with one attached hydrogen (secondary N) is 1. The first-order valence-corrected chi connectivity index (χ1v) is 0.862. The Balaban J connectivity index is 0. The molecule has 0 aromatic heterocycles. The second-order valence-corrected chi connectivity index (χ2v) is 0.306. The van der Waals surface area contributed by atoms with Crippen LogP contribution in [0.4, 0.5) is 0 Å². The summed E-state index contributed by atoms with van der Waals surface area (Å²) in [5.41, 5.74) is 0. The molecule has 0 fully saturated rings. The number of thiocarbonyl (C=S) groups is 1. The van der Waals surface area contributed by atoms with Gasteiger partial charge < -0.3 is 0 Å². The number of rotatable bonds is 0. The molecule has 18 valence electrons. The van der Waals surface area contributed by atoms with E-state index in [-0.39, 0.29) is 19.5 Å². The predicted octanol–water partition coefficient (Wildman–Crippen LogP) is 0.665. The summed E-state index contributed by atoms with van der Waals surface area (Å²) >= 11 is 3.81. The van der Waals surface area contributed by atoms with Crippen molar-refractivity contribution >= 4 is 17.4 Å². The van der Waals surface area contributed by atoms with Crippen molar-refractivity contribution < 1.29 is 19.5 Å². The third kappa shape index (κ3) is 27.4. The Morgan fingerprint density at radius 2 is 1.75 bits per heavy atom. The van der Waals surface area contributed by atoms with E-state index in [1.165, 1.54) is 0 Å². The Bertz CT molecular complexity index is 29.0. The van der Waals surface area contributed by atoms with Crippen LogP contribution in [0, 0.1) is 5.41 Å². The minimum Gasteiger partial charge on any atom is -0.248 e. The largest absolute Gasteiger partial charge is 0.248 e. The SMILES string of the molecule is N=C=S.[Zn]. The van der Waals surface area contributed by atoms with Crippen LogP contribution in [-0.4, -0.2) is 5.16 Å². The summed E-state index contributed by atoms with van der Waals surface area (Å²) < 4.78 is 0. The first kappa shape index (κ1) is 8.83. The first-order chi connectivity index (χ1) is 1.41. The maximum Gasteiger partial charge on any atom is 0.0554 e. The summed E-state index contributed by atoms with van der Waals surface area (Å²) in [6.07, 6.45) is 0. The van der Waals surface area contributed by atoms with Crippen LogP contribution in [0.1, 0.15) is 0 Å². The molecule has 1 nitrogen and oxygen atoms in total. The summed E-state index contributed by atoms with van der Waals surface area (Å²) in [6.45, 7) is 0. The summed E-state index contributed by atoms with van der Waals surface area (Å²) in [6, 6.07) is 0. The van der Waals surface area contributed by atoms with Crippen molar-refractivity contribution in [2.45, 2.75) is 0 Å². The van der Waals surface area contributed by atoms with E-state index < -0.39 is 0 Å². The van der Waals surface area contributed by atoms with E-state index in [0.717, 1.165) is 0 Å². The second kappa shape index (κ2) is 9.92. The van der Waals surface area contributed by atoms with Gasteiger partial charge in [0.1, 0.15) is 0 Å². The second-order valence-electron chi connectivity index (χ2n) is 0.102.